The third kappa shape index (κ3) is 2.53. The van der Waals surface area contributed by atoms with E-state index in [4.69, 9.17) is 0 Å². The Morgan fingerprint density at radius 1 is 0.895 bits per heavy atom. The first kappa shape index (κ1) is 13.7. The zero-order chi connectivity index (χ0) is 14.2. The van der Waals surface area contributed by atoms with Gasteiger partial charge in [0.15, 0.2) is 23.2 Å². The summed E-state index contributed by atoms with van der Waals surface area (Å²) in [4.78, 5) is 11.9. The van der Waals surface area contributed by atoms with Gasteiger partial charge in [0.2, 0.25) is 0 Å². The van der Waals surface area contributed by atoms with E-state index in [0.29, 0.717) is 6.07 Å². The van der Waals surface area contributed by atoms with Crippen LogP contribution in [0.5, 0.6) is 0 Å². The van der Waals surface area contributed by atoms with Crippen molar-refractivity contribution in [2.24, 2.45) is 0 Å². The number of ketones is 1. The van der Waals surface area contributed by atoms with Crippen molar-refractivity contribution in [2.45, 2.75) is 0 Å². The average molecular weight is 333 g/mol. The molecule has 2 aromatic carbocycles. The Labute approximate surface area is 114 Å². The zero-order valence-electron chi connectivity index (χ0n) is 9.18. The molecule has 1 nitrogen and oxygen atoms in total. The summed E-state index contributed by atoms with van der Waals surface area (Å²) in [7, 11) is 0. The second kappa shape index (κ2) is 5.13. The Hall–Kier alpha value is -1.69. The van der Waals surface area contributed by atoms with Gasteiger partial charge in [-0.3, -0.25) is 4.79 Å². The van der Waals surface area contributed by atoms with Crippen LogP contribution in [0.3, 0.4) is 0 Å². The molecule has 0 saturated carbocycles. The van der Waals surface area contributed by atoms with Crippen LogP contribution in [0, 0.1) is 23.3 Å². The predicted molar refractivity (Wildman–Crippen MR) is 63.8 cm³/mol. The normalized spacial score (nSPS) is 10.6. The lowest BCUT2D eigenvalue weighted by atomic mass is 10.0. The van der Waals surface area contributed by atoms with E-state index in [1.54, 1.807) is 0 Å². The van der Waals surface area contributed by atoms with Crippen LogP contribution in [0.2, 0.25) is 0 Å². The summed E-state index contributed by atoms with van der Waals surface area (Å²) in [5, 5.41) is 0. The maximum atomic E-state index is 13.7. The number of carbonyl (C=O) groups is 1. The second-order valence-corrected chi connectivity index (χ2v) is 4.53. The highest BCUT2D eigenvalue weighted by Gasteiger charge is 2.21. The van der Waals surface area contributed by atoms with E-state index in [1.807, 2.05) is 0 Å². The molecule has 0 radical (unpaired) electrons. The molecule has 0 aliphatic carbocycles. The highest BCUT2D eigenvalue weighted by atomic mass is 79.9. The average Bonchev–Trinajstić information content (AvgIpc) is 2.37. The number of hydrogen-bond acceptors (Lipinski definition) is 1. The summed E-state index contributed by atoms with van der Waals surface area (Å²) in [5.74, 6) is -5.63. The first-order valence-corrected chi connectivity index (χ1v) is 5.84. The van der Waals surface area contributed by atoms with Gasteiger partial charge in [-0.25, -0.2) is 17.6 Å². The Morgan fingerprint density at radius 3 is 2.16 bits per heavy atom. The molecule has 0 amide bonds. The quantitative estimate of drug-likeness (QED) is 0.457. The fourth-order valence-corrected chi connectivity index (χ4v) is 1.85. The molecule has 0 bridgehead atoms. The molecule has 0 aromatic heterocycles. The summed E-state index contributed by atoms with van der Waals surface area (Å²) in [6.45, 7) is 0. The first-order chi connectivity index (χ1) is 8.91. The summed E-state index contributed by atoms with van der Waals surface area (Å²) < 4.78 is 52.9. The SMILES string of the molecule is O=C(c1ccc(F)c(F)c1)c1c(F)ccc(Br)c1F. The minimum Gasteiger partial charge on any atom is -0.288 e. The van der Waals surface area contributed by atoms with Crippen molar-refractivity contribution in [2.75, 3.05) is 0 Å². The van der Waals surface area contributed by atoms with Gasteiger partial charge in [0, 0.05) is 5.56 Å². The van der Waals surface area contributed by atoms with Crippen molar-refractivity contribution in [3.8, 4) is 0 Å². The predicted octanol–water partition coefficient (Wildman–Crippen LogP) is 4.24. The summed E-state index contributed by atoms with van der Waals surface area (Å²) in [5.41, 5.74) is -1.16. The summed E-state index contributed by atoms with van der Waals surface area (Å²) >= 11 is 2.82. The molecule has 98 valence electrons. The van der Waals surface area contributed by atoms with Gasteiger partial charge in [0.05, 0.1) is 10.0 Å². The monoisotopic (exact) mass is 332 g/mol. The van der Waals surface area contributed by atoms with E-state index in [1.165, 1.54) is 0 Å². The van der Waals surface area contributed by atoms with Crippen molar-refractivity contribution >= 4 is 21.7 Å². The molecule has 0 atom stereocenters. The van der Waals surface area contributed by atoms with Crippen molar-refractivity contribution in [3.63, 3.8) is 0 Å². The van der Waals surface area contributed by atoms with Crippen LogP contribution in [0.15, 0.2) is 34.8 Å². The minimum absolute atomic E-state index is 0.0974. The van der Waals surface area contributed by atoms with Crippen LogP contribution in [-0.2, 0) is 0 Å². The van der Waals surface area contributed by atoms with Gasteiger partial charge < -0.3 is 0 Å². The van der Waals surface area contributed by atoms with Crippen molar-refractivity contribution in [1.82, 2.24) is 0 Å². The number of hydrogen-bond donors (Lipinski definition) is 0. The molecule has 0 N–H and O–H groups in total. The van der Waals surface area contributed by atoms with Crippen LogP contribution < -0.4 is 0 Å². The van der Waals surface area contributed by atoms with Gasteiger partial charge in [-0.15, -0.1) is 0 Å². The van der Waals surface area contributed by atoms with Crippen molar-refractivity contribution < 1.29 is 22.4 Å². The Morgan fingerprint density at radius 2 is 1.53 bits per heavy atom. The third-order valence-corrected chi connectivity index (χ3v) is 3.07. The highest BCUT2D eigenvalue weighted by molar-refractivity contribution is 9.10. The Balaban J connectivity index is 2.56. The minimum atomic E-state index is -1.26. The fourth-order valence-electron chi connectivity index (χ4n) is 1.52. The smallest absolute Gasteiger partial charge is 0.199 e. The number of benzene rings is 2. The van der Waals surface area contributed by atoms with Crippen molar-refractivity contribution in [1.29, 1.82) is 0 Å². The Kier molecular flexibility index (Phi) is 3.71. The molecule has 0 aliphatic rings. The van der Waals surface area contributed by atoms with Gasteiger partial charge >= 0.3 is 0 Å². The van der Waals surface area contributed by atoms with E-state index in [9.17, 15) is 22.4 Å². The maximum absolute atomic E-state index is 13.7. The van der Waals surface area contributed by atoms with Gasteiger partial charge in [-0.2, -0.15) is 0 Å². The van der Waals surface area contributed by atoms with E-state index in [2.05, 4.69) is 15.9 Å². The van der Waals surface area contributed by atoms with Gasteiger partial charge in [0.25, 0.3) is 0 Å². The molecular formula is C13H5BrF4O. The molecule has 6 heteroatoms. The molecule has 0 saturated heterocycles. The molecule has 0 heterocycles. The van der Waals surface area contributed by atoms with Gasteiger partial charge in [-0.05, 0) is 46.3 Å². The van der Waals surface area contributed by atoms with E-state index in [-0.39, 0.29) is 10.0 Å². The molecule has 0 unspecified atom stereocenters. The molecule has 19 heavy (non-hydrogen) atoms. The third-order valence-electron chi connectivity index (χ3n) is 2.45. The van der Waals surface area contributed by atoms with Gasteiger partial charge in [0.1, 0.15) is 5.82 Å². The molecule has 2 rings (SSSR count). The van der Waals surface area contributed by atoms with Crippen LogP contribution in [0.1, 0.15) is 15.9 Å². The van der Waals surface area contributed by atoms with Crippen LogP contribution in [0.4, 0.5) is 17.6 Å². The molecule has 0 aliphatic heterocycles. The Bertz CT molecular complexity index is 670. The van der Waals surface area contributed by atoms with E-state index >= 15 is 0 Å². The molecule has 0 spiro atoms. The summed E-state index contributed by atoms with van der Waals surface area (Å²) in [6, 6.07) is 4.28. The number of halogens is 5. The largest absolute Gasteiger partial charge is 0.288 e. The highest BCUT2D eigenvalue weighted by Crippen LogP contribution is 2.24. The summed E-state index contributed by atoms with van der Waals surface area (Å²) in [6.07, 6.45) is 0. The topological polar surface area (TPSA) is 17.1 Å². The molecule has 0 fully saturated rings. The van der Waals surface area contributed by atoms with E-state index in [0.717, 1.165) is 24.3 Å². The number of rotatable bonds is 2. The number of carbonyl (C=O) groups excluding carboxylic acids is 1. The molecule has 2 aromatic rings. The van der Waals surface area contributed by atoms with Gasteiger partial charge in [-0.1, -0.05) is 0 Å². The zero-order valence-corrected chi connectivity index (χ0v) is 10.8. The lowest BCUT2D eigenvalue weighted by molar-refractivity contribution is 0.103. The first-order valence-electron chi connectivity index (χ1n) is 5.05. The lowest BCUT2D eigenvalue weighted by Gasteiger charge is -2.06. The van der Waals surface area contributed by atoms with Crippen molar-refractivity contribution in [3.05, 3.63) is 69.2 Å². The second-order valence-electron chi connectivity index (χ2n) is 3.68. The van der Waals surface area contributed by atoms with E-state index < -0.39 is 34.6 Å². The molecular weight excluding hydrogens is 328 g/mol. The standard InChI is InChI=1S/C13H5BrF4O/c14-7-2-4-9(16)11(12(7)18)13(19)6-1-3-8(15)10(17)5-6/h1-5H. The van der Waals surface area contributed by atoms with Crippen LogP contribution in [-0.4, -0.2) is 5.78 Å². The van der Waals surface area contributed by atoms with Crippen LogP contribution >= 0.6 is 15.9 Å². The fraction of sp³-hybridized carbons (Fsp3) is 0. The maximum Gasteiger partial charge on any atom is 0.199 e. The lowest BCUT2D eigenvalue weighted by Crippen LogP contribution is -2.08. The van der Waals surface area contributed by atoms with Crippen LogP contribution in [0.25, 0.3) is 0 Å².